The number of halogens is 3. The zero-order valence-corrected chi connectivity index (χ0v) is 23.7. The molecular formula is C31H36F3N5O2. The van der Waals surface area contributed by atoms with Crippen LogP contribution in [0.5, 0.6) is 0 Å². The minimum Gasteiger partial charge on any atom is -0.380 e. The Kier molecular flexibility index (Phi) is 6.57. The molecule has 0 bridgehead atoms. The molecule has 0 radical (unpaired) electrons. The van der Waals surface area contributed by atoms with Gasteiger partial charge in [-0.1, -0.05) is 31.2 Å². The van der Waals surface area contributed by atoms with E-state index in [1.165, 1.54) is 12.1 Å². The van der Waals surface area contributed by atoms with Crippen LogP contribution in [-0.2, 0) is 15.8 Å². The summed E-state index contributed by atoms with van der Waals surface area (Å²) in [5.41, 5.74) is -0.739. The van der Waals surface area contributed by atoms with Gasteiger partial charge in [-0.2, -0.15) is 13.2 Å². The van der Waals surface area contributed by atoms with Crippen molar-refractivity contribution in [3.63, 3.8) is 0 Å². The number of alkyl halides is 3. The number of hydrogen-bond acceptors (Lipinski definition) is 5. The van der Waals surface area contributed by atoms with E-state index in [9.17, 15) is 23.1 Å². The van der Waals surface area contributed by atoms with Gasteiger partial charge >= 0.3 is 6.18 Å². The van der Waals surface area contributed by atoms with E-state index in [-0.39, 0.29) is 30.2 Å². The zero-order chi connectivity index (χ0) is 29.2. The molecule has 41 heavy (non-hydrogen) atoms. The highest BCUT2D eigenvalue weighted by molar-refractivity contribution is 5.73. The molecule has 6 rings (SSSR count). The number of hydrogen-bond donors (Lipinski definition) is 1. The number of carbonyl (C=O) groups is 1. The molecule has 0 spiro atoms. The van der Waals surface area contributed by atoms with Crippen LogP contribution >= 0.6 is 0 Å². The number of piperidine rings is 1. The van der Waals surface area contributed by atoms with Crippen LogP contribution < -0.4 is 0 Å². The Hall–Kier alpha value is -3.24. The van der Waals surface area contributed by atoms with E-state index in [0.29, 0.717) is 37.3 Å². The third-order valence-electron chi connectivity index (χ3n) is 9.66. The monoisotopic (exact) mass is 567 g/mol. The predicted octanol–water partition coefficient (Wildman–Crippen LogP) is 4.77. The normalized spacial score (nSPS) is 22.2. The lowest BCUT2D eigenvalue weighted by Crippen LogP contribution is -2.63. The Balaban J connectivity index is 1.32. The number of pyridine rings is 1. The van der Waals surface area contributed by atoms with Gasteiger partial charge in [-0.3, -0.25) is 9.78 Å². The molecule has 4 heterocycles. The van der Waals surface area contributed by atoms with E-state index in [2.05, 4.69) is 14.9 Å². The van der Waals surface area contributed by atoms with Gasteiger partial charge in [-0.15, -0.1) is 0 Å². The molecule has 2 aliphatic heterocycles. The first-order valence-electron chi connectivity index (χ1n) is 14.2. The largest absolute Gasteiger partial charge is 0.398 e. The predicted molar refractivity (Wildman–Crippen MR) is 148 cm³/mol. The molecule has 1 saturated carbocycles. The Morgan fingerprint density at radius 3 is 2.27 bits per heavy atom. The van der Waals surface area contributed by atoms with Crippen molar-refractivity contribution in [3.05, 3.63) is 77.6 Å². The highest BCUT2D eigenvalue weighted by atomic mass is 19.4. The Labute approximate surface area is 238 Å². The zero-order valence-electron chi connectivity index (χ0n) is 23.7. The fourth-order valence-electron chi connectivity index (χ4n) is 7.08. The number of aromatic nitrogens is 3. The van der Waals surface area contributed by atoms with Crippen LogP contribution in [0.15, 0.2) is 55.2 Å². The maximum atomic E-state index is 13.8. The van der Waals surface area contributed by atoms with E-state index >= 15 is 0 Å². The molecule has 1 N–H and O–H groups in total. The van der Waals surface area contributed by atoms with Gasteiger partial charge < -0.3 is 19.5 Å². The average Bonchev–Trinajstić information content (AvgIpc) is 3.63. The van der Waals surface area contributed by atoms with Gasteiger partial charge in [-0.05, 0) is 49.9 Å². The molecule has 1 amide bonds. The van der Waals surface area contributed by atoms with Crippen molar-refractivity contribution in [3.8, 4) is 5.69 Å². The van der Waals surface area contributed by atoms with E-state index in [0.717, 1.165) is 24.2 Å². The Bertz CT molecular complexity index is 1430. The number of aliphatic hydroxyl groups is 1. The summed E-state index contributed by atoms with van der Waals surface area (Å²) in [4.78, 5) is 24.8. The van der Waals surface area contributed by atoms with Crippen LogP contribution in [0.25, 0.3) is 5.69 Å². The van der Waals surface area contributed by atoms with Crippen molar-refractivity contribution in [2.24, 2.45) is 5.41 Å². The van der Waals surface area contributed by atoms with Gasteiger partial charge in [-0.25, -0.2) is 4.98 Å². The number of carbonyl (C=O) groups excluding carboxylic acids is 1. The number of benzene rings is 1. The maximum Gasteiger partial charge on any atom is 0.398 e. The summed E-state index contributed by atoms with van der Waals surface area (Å²) in [5.74, 6) is 0.354. The molecule has 3 aliphatic rings. The minimum atomic E-state index is -4.29. The highest BCUT2D eigenvalue weighted by Gasteiger charge is 2.64. The van der Waals surface area contributed by atoms with Gasteiger partial charge in [0.1, 0.15) is 5.60 Å². The lowest BCUT2D eigenvalue weighted by molar-refractivity contribution is -0.160. The van der Waals surface area contributed by atoms with Crippen LogP contribution in [0.3, 0.4) is 0 Å². The van der Waals surface area contributed by atoms with Crippen LogP contribution in [0.2, 0.25) is 0 Å². The fourth-order valence-corrected chi connectivity index (χ4v) is 7.08. The minimum absolute atomic E-state index is 0.0946. The Morgan fingerprint density at radius 1 is 1.05 bits per heavy atom. The van der Waals surface area contributed by atoms with E-state index in [1.807, 2.05) is 35.7 Å². The summed E-state index contributed by atoms with van der Waals surface area (Å²) in [6.07, 6.45) is 4.69. The van der Waals surface area contributed by atoms with E-state index in [1.54, 1.807) is 37.8 Å². The fraction of sp³-hybridized carbons (Fsp3) is 0.516. The van der Waals surface area contributed by atoms with Crippen LogP contribution in [0, 0.1) is 5.41 Å². The second kappa shape index (κ2) is 9.66. The summed E-state index contributed by atoms with van der Waals surface area (Å²) in [6.45, 7) is 6.28. The van der Waals surface area contributed by atoms with Crippen LogP contribution in [-0.4, -0.2) is 74.8 Å². The third-order valence-corrected chi connectivity index (χ3v) is 9.66. The van der Waals surface area contributed by atoms with E-state index in [4.69, 9.17) is 0 Å². The summed E-state index contributed by atoms with van der Waals surface area (Å²) in [5, 5.41) is 12.5. The summed E-state index contributed by atoms with van der Waals surface area (Å²) in [7, 11) is 1.98. The lowest BCUT2D eigenvalue weighted by Gasteiger charge is -2.55. The Morgan fingerprint density at radius 2 is 1.71 bits per heavy atom. The van der Waals surface area contributed by atoms with Crippen LogP contribution in [0.4, 0.5) is 13.2 Å². The van der Waals surface area contributed by atoms with Gasteiger partial charge in [0, 0.05) is 62.4 Å². The van der Waals surface area contributed by atoms with Crippen molar-refractivity contribution in [1.82, 2.24) is 24.3 Å². The molecule has 218 valence electrons. The first-order valence-corrected chi connectivity index (χ1v) is 14.2. The van der Waals surface area contributed by atoms with Gasteiger partial charge in [0.2, 0.25) is 5.91 Å². The topological polar surface area (TPSA) is 74.5 Å². The van der Waals surface area contributed by atoms with Crippen LogP contribution in [0.1, 0.15) is 67.8 Å². The van der Waals surface area contributed by atoms with E-state index < -0.39 is 22.6 Å². The first kappa shape index (κ1) is 27.9. The molecule has 1 aliphatic carbocycles. The summed E-state index contributed by atoms with van der Waals surface area (Å²) < 4.78 is 43.2. The molecule has 2 saturated heterocycles. The van der Waals surface area contributed by atoms with Crippen molar-refractivity contribution in [2.75, 3.05) is 33.2 Å². The van der Waals surface area contributed by atoms with Crippen molar-refractivity contribution in [2.45, 2.75) is 62.6 Å². The molecule has 1 aromatic carbocycles. The SMILES string of the molecule is CC(=O)N1CCC(c2cn(-c3cncc([C@@](O)(c4ccc(C5(C(F)(F)F)CC5)cc4)C4(C)CN(C)C4)c3)cn2)CC1. The molecule has 2 aromatic heterocycles. The highest BCUT2D eigenvalue weighted by Crippen LogP contribution is 2.59. The van der Waals surface area contributed by atoms with Gasteiger partial charge in [0.25, 0.3) is 0 Å². The molecular weight excluding hydrogens is 531 g/mol. The molecule has 3 aromatic rings. The van der Waals surface area contributed by atoms with Gasteiger partial charge in [0.15, 0.2) is 0 Å². The number of nitrogens with zero attached hydrogens (tertiary/aromatic N) is 5. The summed E-state index contributed by atoms with van der Waals surface area (Å²) >= 11 is 0. The quantitative estimate of drug-likeness (QED) is 0.465. The molecule has 10 heteroatoms. The molecule has 0 unspecified atom stereocenters. The van der Waals surface area contributed by atoms with Gasteiger partial charge in [0.05, 0.1) is 29.3 Å². The molecule has 7 nitrogen and oxygen atoms in total. The lowest BCUT2D eigenvalue weighted by atomic mass is 9.62. The van der Waals surface area contributed by atoms with Crippen molar-refractivity contribution in [1.29, 1.82) is 0 Å². The molecule has 1 atom stereocenters. The number of amides is 1. The first-order chi connectivity index (χ1) is 19.4. The number of likely N-dealkylation sites (tertiary alicyclic amines) is 2. The number of rotatable bonds is 6. The van der Waals surface area contributed by atoms with Crippen molar-refractivity contribution >= 4 is 5.91 Å². The number of imidazole rings is 1. The average molecular weight is 568 g/mol. The molecule has 3 fully saturated rings. The smallest absolute Gasteiger partial charge is 0.380 e. The standard InChI is InChI=1S/C31H36F3N5O2/c1-21(40)38-12-8-22(9-13-38)27-17-39(20-36-27)26-14-25(15-35-16-26)30(41,28(2)18-37(3)19-28)24-6-4-23(5-7-24)29(10-11-29)31(32,33)34/h4-7,14-17,20,22,41H,8-13,18-19H2,1-3H3/t30-/m0/s1. The second-order valence-electron chi connectivity index (χ2n) is 12.5. The maximum absolute atomic E-state index is 13.8. The third kappa shape index (κ3) is 4.55. The second-order valence-corrected chi connectivity index (χ2v) is 12.5. The van der Waals surface area contributed by atoms with Crippen molar-refractivity contribution < 1.29 is 23.1 Å². The summed E-state index contributed by atoms with van der Waals surface area (Å²) in [6, 6.07) is 8.26.